The number of amides is 1. The lowest BCUT2D eigenvalue weighted by molar-refractivity contribution is -0.298. The number of carbonyl (C=O) groups excluding carboxylic acids is 1. The fourth-order valence-corrected chi connectivity index (χ4v) is 9.25. The fraction of sp³-hybridized carbons (Fsp3) is 0.906. The highest BCUT2D eigenvalue weighted by molar-refractivity contribution is 7.80. The van der Waals surface area contributed by atoms with Crippen LogP contribution >= 0.6 is 0 Å². The maximum Gasteiger partial charge on any atom is 0.397 e. The molecular formula is C53H101NO11S. The molecule has 0 aromatic carbocycles. The average molecular weight is 960 g/mol. The van der Waals surface area contributed by atoms with Crippen LogP contribution in [0, 0.1) is 0 Å². The van der Waals surface area contributed by atoms with Gasteiger partial charge in [-0.15, -0.1) is 0 Å². The summed E-state index contributed by atoms with van der Waals surface area (Å²) in [7, 11) is -5.09. The lowest BCUT2D eigenvalue weighted by atomic mass is 9.99. The van der Waals surface area contributed by atoms with Gasteiger partial charge in [0.15, 0.2) is 6.29 Å². The predicted molar refractivity (Wildman–Crippen MR) is 269 cm³/mol. The first-order valence-corrected chi connectivity index (χ1v) is 28.6. The molecule has 1 amide bonds. The van der Waals surface area contributed by atoms with E-state index in [2.05, 4.69) is 35.5 Å². The zero-order valence-electron chi connectivity index (χ0n) is 42.0. The Morgan fingerprint density at radius 2 is 0.970 bits per heavy atom. The molecule has 1 aliphatic heterocycles. The SMILES string of the molecule is CCCCCC/C=C\CCCCCCCCCC(=O)NC(COC1OC(CO)C(O)C(OS(=O)(=O)O)C1O)C(O)/C=C/CCCCCCCCCCCCCCCCCCCCCCCC. The van der Waals surface area contributed by atoms with Gasteiger partial charge in [0, 0.05) is 6.42 Å². The van der Waals surface area contributed by atoms with Crippen LogP contribution in [0.1, 0.15) is 251 Å². The monoisotopic (exact) mass is 960 g/mol. The summed E-state index contributed by atoms with van der Waals surface area (Å²) in [6.45, 7) is 3.40. The van der Waals surface area contributed by atoms with Crippen LogP contribution in [0.25, 0.3) is 0 Å². The average Bonchev–Trinajstić information content (AvgIpc) is 3.29. The topological polar surface area (TPSA) is 192 Å². The summed E-state index contributed by atoms with van der Waals surface area (Å²) in [6, 6.07) is -0.945. The fourth-order valence-electron chi connectivity index (χ4n) is 8.74. The van der Waals surface area contributed by atoms with Crippen molar-refractivity contribution in [2.75, 3.05) is 13.2 Å². The number of nitrogens with one attached hydrogen (secondary N) is 1. The first-order valence-electron chi connectivity index (χ1n) is 27.2. The summed E-state index contributed by atoms with van der Waals surface area (Å²) in [5.74, 6) is -0.265. The molecule has 6 N–H and O–H groups in total. The summed E-state index contributed by atoms with van der Waals surface area (Å²) >= 11 is 0. The highest BCUT2D eigenvalue weighted by Gasteiger charge is 2.48. The standard InChI is InChI=1S/C53H101NO11S/c1-3-5-7-9-11-13-15-17-19-20-21-22-23-24-25-26-27-29-30-32-34-36-38-40-42-47(56)46(45-63-53-51(59)52(65-66(60,61)62)50(58)48(44-55)64-53)54-49(57)43-41-39-37-35-33-31-28-18-16-14-12-10-8-6-4-2/h14,16,40,42,46-48,50-53,55-56,58-59H,3-13,15,17-39,41,43-45H2,1-2H3,(H,54,57)(H,60,61,62)/b16-14-,42-40+. The second kappa shape index (κ2) is 43.6. The van der Waals surface area contributed by atoms with Crippen LogP contribution in [-0.4, -0.2) is 95.4 Å². The second-order valence-corrected chi connectivity index (χ2v) is 20.2. The van der Waals surface area contributed by atoms with Crippen molar-refractivity contribution >= 4 is 16.3 Å². The van der Waals surface area contributed by atoms with Gasteiger partial charge in [-0.25, -0.2) is 4.18 Å². The molecule has 0 saturated carbocycles. The quantitative estimate of drug-likeness (QED) is 0.0193. The molecule has 390 valence electrons. The highest BCUT2D eigenvalue weighted by Crippen LogP contribution is 2.26. The number of allylic oxidation sites excluding steroid dienone is 3. The molecule has 0 aromatic heterocycles. The molecule has 12 nitrogen and oxygen atoms in total. The molecule has 0 radical (unpaired) electrons. The summed E-state index contributed by atoms with van der Waals surface area (Å²) in [4.78, 5) is 13.1. The third kappa shape index (κ3) is 35.7. The molecule has 0 bridgehead atoms. The van der Waals surface area contributed by atoms with Gasteiger partial charge >= 0.3 is 10.4 Å². The molecule has 1 rings (SSSR count). The summed E-state index contributed by atoms with van der Waals surface area (Å²) in [6.07, 6.45) is 43.6. The summed E-state index contributed by atoms with van der Waals surface area (Å²) < 4.78 is 47.7. The minimum atomic E-state index is -5.09. The molecular weight excluding hydrogens is 859 g/mol. The number of aliphatic hydroxyl groups excluding tert-OH is 4. The van der Waals surface area contributed by atoms with Gasteiger partial charge in [-0.1, -0.05) is 224 Å². The van der Waals surface area contributed by atoms with Crippen LogP contribution in [0.15, 0.2) is 24.3 Å². The molecule has 1 heterocycles. The molecule has 66 heavy (non-hydrogen) atoms. The van der Waals surface area contributed by atoms with Gasteiger partial charge in [0.1, 0.15) is 24.4 Å². The highest BCUT2D eigenvalue weighted by atomic mass is 32.3. The van der Waals surface area contributed by atoms with Crippen molar-refractivity contribution in [1.82, 2.24) is 5.32 Å². The molecule has 1 aliphatic rings. The molecule has 1 fully saturated rings. The molecule has 0 spiro atoms. The lowest BCUT2D eigenvalue weighted by Gasteiger charge is -2.41. The third-order valence-electron chi connectivity index (χ3n) is 13.0. The summed E-state index contributed by atoms with van der Waals surface area (Å²) in [5, 5.41) is 44.9. The van der Waals surface area contributed by atoms with Crippen molar-refractivity contribution in [2.24, 2.45) is 0 Å². The van der Waals surface area contributed by atoms with E-state index in [1.807, 2.05) is 6.08 Å². The number of hydrogen-bond acceptors (Lipinski definition) is 10. The van der Waals surface area contributed by atoms with E-state index in [0.717, 1.165) is 44.9 Å². The maximum atomic E-state index is 13.1. The van der Waals surface area contributed by atoms with E-state index in [9.17, 15) is 38.2 Å². The van der Waals surface area contributed by atoms with E-state index >= 15 is 0 Å². The van der Waals surface area contributed by atoms with E-state index in [4.69, 9.17) is 9.47 Å². The number of carbonyl (C=O) groups is 1. The van der Waals surface area contributed by atoms with Crippen LogP contribution in [0.5, 0.6) is 0 Å². The third-order valence-corrected chi connectivity index (χ3v) is 13.4. The van der Waals surface area contributed by atoms with Gasteiger partial charge in [0.05, 0.1) is 25.4 Å². The first kappa shape index (κ1) is 62.6. The minimum absolute atomic E-state index is 0.265. The Morgan fingerprint density at radius 3 is 1.38 bits per heavy atom. The maximum absolute atomic E-state index is 13.1. The molecule has 7 unspecified atom stereocenters. The molecule has 1 saturated heterocycles. The zero-order valence-corrected chi connectivity index (χ0v) is 42.8. The number of aliphatic hydroxyl groups is 4. The van der Waals surface area contributed by atoms with Gasteiger partial charge in [-0.05, 0) is 44.9 Å². The summed E-state index contributed by atoms with van der Waals surface area (Å²) in [5.41, 5.74) is 0. The molecule has 0 aromatic rings. The zero-order chi connectivity index (χ0) is 48.4. The van der Waals surface area contributed by atoms with Gasteiger partial charge < -0.3 is 35.2 Å². The Balaban J connectivity index is 2.40. The predicted octanol–water partition coefficient (Wildman–Crippen LogP) is 12.1. The second-order valence-electron chi connectivity index (χ2n) is 19.2. The van der Waals surface area contributed by atoms with Crippen molar-refractivity contribution in [1.29, 1.82) is 0 Å². The van der Waals surface area contributed by atoms with Crippen LogP contribution in [0.4, 0.5) is 0 Å². The Morgan fingerprint density at radius 1 is 0.591 bits per heavy atom. The van der Waals surface area contributed by atoms with Crippen molar-refractivity contribution in [3.63, 3.8) is 0 Å². The van der Waals surface area contributed by atoms with Crippen LogP contribution < -0.4 is 5.32 Å². The van der Waals surface area contributed by atoms with Gasteiger partial charge in [0.25, 0.3) is 0 Å². The molecule has 13 heteroatoms. The molecule has 0 aliphatic carbocycles. The van der Waals surface area contributed by atoms with E-state index in [-0.39, 0.29) is 18.9 Å². The number of hydrogen-bond donors (Lipinski definition) is 6. The van der Waals surface area contributed by atoms with Crippen LogP contribution in [0.2, 0.25) is 0 Å². The minimum Gasteiger partial charge on any atom is -0.394 e. The first-order chi connectivity index (χ1) is 32.0. The van der Waals surface area contributed by atoms with Gasteiger partial charge in [-0.3, -0.25) is 9.35 Å². The Hall–Kier alpha value is -1.42. The van der Waals surface area contributed by atoms with Crippen molar-refractivity contribution in [3.05, 3.63) is 24.3 Å². The lowest BCUT2D eigenvalue weighted by Crippen LogP contribution is -2.61. The van der Waals surface area contributed by atoms with E-state index in [0.29, 0.717) is 6.42 Å². The van der Waals surface area contributed by atoms with E-state index in [1.165, 1.54) is 180 Å². The van der Waals surface area contributed by atoms with Crippen molar-refractivity contribution in [2.45, 2.75) is 294 Å². The molecule has 7 atom stereocenters. The van der Waals surface area contributed by atoms with Gasteiger partial charge in [0.2, 0.25) is 5.91 Å². The number of ether oxygens (including phenoxy) is 2. The number of rotatable bonds is 47. The normalized spacial score (nSPS) is 20.1. The van der Waals surface area contributed by atoms with Crippen molar-refractivity contribution < 1.29 is 51.8 Å². The Bertz CT molecular complexity index is 1270. The Labute approximate surface area is 403 Å². The Kier molecular flexibility index (Phi) is 41.3. The largest absolute Gasteiger partial charge is 0.397 e. The van der Waals surface area contributed by atoms with E-state index in [1.54, 1.807) is 6.08 Å². The smallest absolute Gasteiger partial charge is 0.394 e. The number of unbranched alkanes of at least 4 members (excludes halogenated alkanes) is 33. The van der Waals surface area contributed by atoms with Gasteiger partial charge in [-0.2, -0.15) is 8.42 Å². The van der Waals surface area contributed by atoms with Crippen LogP contribution in [0.3, 0.4) is 0 Å². The van der Waals surface area contributed by atoms with Crippen LogP contribution in [-0.2, 0) is 28.9 Å². The van der Waals surface area contributed by atoms with Crippen molar-refractivity contribution in [3.8, 4) is 0 Å². The van der Waals surface area contributed by atoms with E-state index < -0.39 is 59.9 Å².